The molecule has 10 heteroatoms. The van der Waals surface area contributed by atoms with Gasteiger partial charge in [0.05, 0.1) is 5.56 Å². The fourth-order valence-corrected chi connectivity index (χ4v) is 2.25. The molecule has 0 radical (unpaired) electrons. The molecule has 0 heterocycles. The Hall–Kier alpha value is -1.28. The SMILES string of the molecule is CCCC(=O)N[C@H](NC(=S)Nc1cccc(C(=O)O)c1)C(Cl)(Cl)Cl. The van der Waals surface area contributed by atoms with Crippen molar-refractivity contribution >= 4 is 69.7 Å². The number of benzene rings is 1. The first-order valence-electron chi connectivity index (χ1n) is 6.90. The molecule has 24 heavy (non-hydrogen) atoms. The monoisotopic (exact) mass is 411 g/mol. The number of thiocarbonyl (C=S) groups is 1. The molecular weight excluding hydrogens is 397 g/mol. The van der Waals surface area contributed by atoms with Gasteiger partial charge in [-0.3, -0.25) is 4.79 Å². The predicted molar refractivity (Wildman–Crippen MR) is 99.9 cm³/mol. The molecule has 1 aromatic carbocycles. The van der Waals surface area contributed by atoms with Gasteiger partial charge in [0, 0.05) is 12.1 Å². The first-order chi connectivity index (χ1) is 11.1. The smallest absolute Gasteiger partial charge is 0.335 e. The molecule has 6 nitrogen and oxygen atoms in total. The highest BCUT2D eigenvalue weighted by molar-refractivity contribution is 7.80. The molecule has 0 unspecified atom stereocenters. The van der Waals surface area contributed by atoms with Gasteiger partial charge in [0.1, 0.15) is 6.17 Å². The summed E-state index contributed by atoms with van der Waals surface area (Å²) in [6.45, 7) is 1.85. The first kappa shape index (κ1) is 20.8. The van der Waals surface area contributed by atoms with E-state index in [4.69, 9.17) is 52.1 Å². The predicted octanol–water partition coefficient (Wildman–Crippen LogP) is 3.28. The highest BCUT2D eigenvalue weighted by Gasteiger charge is 2.34. The van der Waals surface area contributed by atoms with E-state index in [9.17, 15) is 9.59 Å². The van der Waals surface area contributed by atoms with Crippen molar-refractivity contribution in [2.45, 2.75) is 29.7 Å². The van der Waals surface area contributed by atoms with Crippen LogP contribution in [0, 0.1) is 0 Å². The Morgan fingerprint density at radius 3 is 2.50 bits per heavy atom. The first-order valence-corrected chi connectivity index (χ1v) is 8.44. The molecule has 1 aromatic rings. The Morgan fingerprint density at radius 2 is 1.96 bits per heavy atom. The quantitative estimate of drug-likeness (QED) is 0.326. The zero-order valence-electron chi connectivity index (χ0n) is 12.6. The zero-order valence-corrected chi connectivity index (χ0v) is 15.7. The fraction of sp³-hybridized carbons (Fsp3) is 0.357. The lowest BCUT2D eigenvalue weighted by atomic mass is 10.2. The number of aromatic carboxylic acids is 1. The van der Waals surface area contributed by atoms with Crippen LogP contribution in [0.25, 0.3) is 0 Å². The zero-order chi connectivity index (χ0) is 18.3. The van der Waals surface area contributed by atoms with Gasteiger partial charge < -0.3 is 21.1 Å². The number of rotatable bonds is 6. The number of halogens is 3. The van der Waals surface area contributed by atoms with Crippen molar-refractivity contribution in [3.8, 4) is 0 Å². The van der Waals surface area contributed by atoms with Crippen molar-refractivity contribution in [3.63, 3.8) is 0 Å². The Balaban J connectivity index is 2.76. The summed E-state index contributed by atoms with van der Waals surface area (Å²) in [6.07, 6.45) is -0.132. The summed E-state index contributed by atoms with van der Waals surface area (Å²) >= 11 is 22.6. The highest BCUT2D eigenvalue weighted by atomic mass is 35.6. The van der Waals surface area contributed by atoms with Crippen LogP contribution in [-0.4, -0.2) is 32.1 Å². The second-order valence-electron chi connectivity index (χ2n) is 4.78. The van der Waals surface area contributed by atoms with E-state index in [2.05, 4.69) is 16.0 Å². The van der Waals surface area contributed by atoms with Crippen LogP contribution in [0.2, 0.25) is 0 Å². The summed E-state index contributed by atoms with van der Waals surface area (Å²) in [6, 6.07) is 6.03. The van der Waals surface area contributed by atoms with Crippen molar-refractivity contribution in [2.75, 3.05) is 5.32 Å². The molecule has 4 N–H and O–H groups in total. The standard InChI is InChI=1S/C14H16Cl3N3O3S/c1-2-4-10(21)19-12(14(15,16)17)20-13(24)18-9-6-3-5-8(7-9)11(22)23/h3,5-7,12H,2,4H2,1H3,(H,19,21)(H,22,23)(H2,18,20,24)/t12-/m1/s1. The van der Waals surface area contributed by atoms with Crippen molar-refractivity contribution in [1.82, 2.24) is 10.6 Å². The Morgan fingerprint density at radius 1 is 1.29 bits per heavy atom. The molecule has 0 saturated carbocycles. The van der Waals surface area contributed by atoms with E-state index < -0.39 is 15.9 Å². The van der Waals surface area contributed by atoms with Crippen molar-refractivity contribution in [1.29, 1.82) is 0 Å². The Bertz CT molecular complexity index is 623. The number of nitrogens with one attached hydrogen (secondary N) is 3. The molecule has 132 valence electrons. The summed E-state index contributed by atoms with van der Waals surface area (Å²) in [5.74, 6) is -1.36. The third-order valence-electron chi connectivity index (χ3n) is 2.75. The van der Waals surface area contributed by atoms with Gasteiger partial charge in [-0.1, -0.05) is 47.8 Å². The van der Waals surface area contributed by atoms with Crippen molar-refractivity contribution < 1.29 is 14.7 Å². The number of alkyl halides is 3. The van der Waals surface area contributed by atoms with E-state index in [1.165, 1.54) is 12.1 Å². The molecular formula is C14H16Cl3N3O3S. The highest BCUT2D eigenvalue weighted by Crippen LogP contribution is 2.29. The topological polar surface area (TPSA) is 90.5 Å². The second-order valence-corrected chi connectivity index (χ2v) is 7.55. The number of carbonyl (C=O) groups is 2. The molecule has 0 aliphatic heterocycles. The van der Waals surface area contributed by atoms with Crippen LogP contribution in [0.5, 0.6) is 0 Å². The molecule has 0 aromatic heterocycles. The minimum atomic E-state index is -1.84. The van der Waals surface area contributed by atoms with E-state index in [0.717, 1.165) is 0 Å². The Labute approximate surface area is 159 Å². The van der Waals surface area contributed by atoms with Gasteiger partial charge in [0.2, 0.25) is 9.70 Å². The summed E-state index contributed by atoms with van der Waals surface area (Å²) in [5.41, 5.74) is 0.535. The summed E-state index contributed by atoms with van der Waals surface area (Å²) < 4.78 is -1.84. The van der Waals surface area contributed by atoms with Crippen LogP contribution < -0.4 is 16.0 Å². The maximum absolute atomic E-state index is 11.7. The molecule has 0 spiro atoms. The maximum atomic E-state index is 11.7. The molecule has 1 atom stereocenters. The van der Waals surface area contributed by atoms with Gasteiger partial charge in [0.15, 0.2) is 5.11 Å². The van der Waals surface area contributed by atoms with Crippen molar-refractivity contribution in [3.05, 3.63) is 29.8 Å². The fourth-order valence-electron chi connectivity index (χ4n) is 1.69. The van der Waals surface area contributed by atoms with Gasteiger partial charge >= 0.3 is 5.97 Å². The number of amides is 1. The van der Waals surface area contributed by atoms with E-state index in [1.807, 2.05) is 6.92 Å². The van der Waals surface area contributed by atoms with E-state index in [0.29, 0.717) is 12.1 Å². The van der Waals surface area contributed by atoms with Crippen molar-refractivity contribution in [2.24, 2.45) is 0 Å². The lowest BCUT2D eigenvalue weighted by Gasteiger charge is -2.27. The van der Waals surface area contributed by atoms with E-state index >= 15 is 0 Å². The summed E-state index contributed by atoms with van der Waals surface area (Å²) in [7, 11) is 0. The maximum Gasteiger partial charge on any atom is 0.335 e. The number of carboxylic acids is 1. The van der Waals surface area contributed by atoms with Gasteiger partial charge in [-0.15, -0.1) is 0 Å². The molecule has 1 rings (SSSR count). The Kier molecular flexibility index (Phi) is 8.02. The molecule has 0 aliphatic rings. The second kappa shape index (κ2) is 9.27. The minimum Gasteiger partial charge on any atom is -0.478 e. The lowest BCUT2D eigenvalue weighted by Crippen LogP contribution is -2.56. The van der Waals surface area contributed by atoms with Gasteiger partial charge in [-0.25, -0.2) is 4.79 Å². The molecule has 0 aliphatic carbocycles. The minimum absolute atomic E-state index is 0.0608. The van der Waals surface area contributed by atoms with Crippen LogP contribution >= 0.6 is 47.0 Å². The number of carboxylic acid groups (broad SMARTS) is 1. The lowest BCUT2D eigenvalue weighted by molar-refractivity contribution is -0.121. The third kappa shape index (κ3) is 7.09. The van der Waals surface area contributed by atoms with Crippen LogP contribution in [-0.2, 0) is 4.79 Å². The summed E-state index contributed by atoms with van der Waals surface area (Å²) in [5, 5.41) is 17.0. The van der Waals surface area contributed by atoms with Gasteiger partial charge in [-0.05, 0) is 36.8 Å². The van der Waals surface area contributed by atoms with Gasteiger partial charge in [0.25, 0.3) is 0 Å². The average Bonchev–Trinajstić information content (AvgIpc) is 2.46. The van der Waals surface area contributed by atoms with Crippen LogP contribution in [0.3, 0.4) is 0 Å². The van der Waals surface area contributed by atoms with Crippen LogP contribution in [0.4, 0.5) is 5.69 Å². The van der Waals surface area contributed by atoms with E-state index in [1.54, 1.807) is 12.1 Å². The van der Waals surface area contributed by atoms with Crippen LogP contribution in [0.15, 0.2) is 24.3 Å². The van der Waals surface area contributed by atoms with Gasteiger partial charge in [-0.2, -0.15) is 0 Å². The number of hydrogen-bond donors (Lipinski definition) is 4. The summed E-state index contributed by atoms with van der Waals surface area (Å²) in [4.78, 5) is 22.7. The third-order valence-corrected chi connectivity index (χ3v) is 3.63. The molecule has 0 bridgehead atoms. The average molecular weight is 413 g/mol. The molecule has 0 fully saturated rings. The van der Waals surface area contributed by atoms with Crippen LogP contribution in [0.1, 0.15) is 30.1 Å². The molecule has 1 amide bonds. The number of hydrogen-bond acceptors (Lipinski definition) is 3. The number of carbonyl (C=O) groups excluding carboxylic acids is 1. The molecule has 0 saturated heterocycles. The van der Waals surface area contributed by atoms with E-state index in [-0.39, 0.29) is 23.0 Å². The number of anilines is 1. The normalized spacial score (nSPS) is 12.2. The largest absolute Gasteiger partial charge is 0.478 e.